The number of H-pyrrole nitrogens is 1. The molecule has 0 amide bonds. The quantitative estimate of drug-likeness (QED) is 0.776. The van der Waals surface area contributed by atoms with E-state index in [1.807, 2.05) is 18.2 Å². The van der Waals surface area contributed by atoms with Gasteiger partial charge in [-0.2, -0.15) is 5.10 Å². The van der Waals surface area contributed by atoms with Crippen molar-refractivity contribution in [2.75, 3.05) is 0 Å². The van der Waals surface area contributed by atoms with Gasteiger partial charge in [0.15, 0.2) is 11.6 Å². The van der Waals surface area contributed by atoms with E-state index in [0.717, 1.165) is 12.8 Å². The molecule has 16 heavy (non-hydrogen) atoms. The largest absolute Gasteiger partial charge is 0.291 e. The number of Topliss-reactive ketones (excluding diaryl/α,β-unsaturated/α-hetero) is 1. The van der Waals surface area contributed by atoms with Crippen LogP contribution in [0.1, 0.15) is 29.0 Å². The molecule has 1 N–H and O–H groups in total. The van der Waals surface area contributed by atoms with Crippen LogP contribution < -0.4 is 0 Å². The van der Waals surface area contributed by atoms with E-state index in [1.54, 1.807) is 0 Å². The Bertz CT molecular complexity index is 437. The van der Waals surface area contributed by atoms with Crippen LogP contribution >= 0.6 is 0 Å². The summed E-state index contributed by atoms with van der Waals surface area (Å²) in [6.07, 6.45) is 3.61. The first-order chi connectivity index (χ1) is 7.86. The van der Waals surface area contributed by atoms with Gasteiger partial charge in [-0.25, -0.2) is 4.98 Å². The molecule has 0 aliphatic heterocycles. The highest BCUT2D eigenvalue weighted by molar-refractivity contribution is 5.92. The molecule has 0 fully saturated rings. The van der Waals surface area contributed by atoms with Crippen LogP contribution in [-0.4, -0.2) is 21.0 Å². The molecule has 0 bridgehead atoms. The molecule has 82 valence electrons. The monoisotopic (exact) mass is 215 g/mol. The number of aromatic nitrogens is 3. The summed E-state index contributed by atoms with van der Waals surface area (Å²) in [6, 6.07) is 10.1. The summed E-state index contributed by atoms with van der Waals surface area (Å²) in [6.45, 7) is 0. The van der Waals surface area contributed by atoms with Crippen molar-refractivity contribution in [3.63, 3.8) is 0 Å². The van der Waals surface area contributed by atoms with E-state index >= 15 is 0 Å². The predicted octanol–water partition coefficient (Wildman–Crippen LogP) is 2.01. The van der Waals surface area contributed by atoms with Gasteiger partial charge >= 0.3 is 0 Å². The molecule has 0 unspecified atom stereocenters. The molecule has 2 aromatic rings. The molecule has 1 aromatic heterocycles. The van der Waals surface area contributed by atoms with Crippen LogP contribution in [0.15, 0.2) is 36.7 Å². The van der Waals surface area contributed by atoms with Crippen molar-refractivity contribution in [3.05, 3.63) is 48.0 Å². The van der Waals surface area contributed by atoms with Gasteiger partial charge < -0.3 is 0 Å². The molecule has 0 saturated carbocycles. The Labute approximate surface area is 93.7 Å². The number of benzene rings is 1. The predicted molar refractivity (Wildman–Crippen MR) is 60.1 cm³/mol. The number of carbonyl (C=O) groups excluding carboxylic acids is 1. The van der Waals surface area contributed by atoms with Gasteiger partial charge in [-0.05, 0) is 18.4 Å². The zero-order valence-corrected chi connectivity index (χ0v) is 8.89. The van der Waals surface area contributed by atoms with Crippen LogP contribution in [0.25, 0.3) is 0 Å². The van der Waals surface area contributed by atoms with Gasteiger partial charge in [0.05, 0.1) is 0 Å². The van der Waals surface area contributed by atoms with E-state index < -0.39 is 0 Å². The fourth-order valence-corrected chi connectivity index (χ4v) is 1.56. The Balaban J connectivity index is 1.79. The summed E-state index contributed by atoms with van der Waals surface area (Å²) < 4.78 is 0. The van der Waals surface area contributed by atoms with Crippen molar-refractivity contribution < 1.29 is 4.79 Å². The number of rotatable bonds is 5. The topological polar surface area (TPSA) is 58.6 Å². The number of aromatic amines is 1. The van der Waals surface area contributed by atoms with Crippen molar-refractivity contribution in [2.45, 2.75) is 19.3 Å². The average molecular weight is 215 g/mol. The number of carbonyl (C=O) groups is 1. The van der Waals surface area contributed by atoms with Gasteiger partial charge in [-0.1, -0.05) is 30.3 Å². The van der Waals surface area contributed by atoms with Gasteiger partial charge in [-0.3, -0.25) is 9.89 Å². The SMILES string of the molecule is O=C(CCCc1ccccc1)c1ncn[nH]1. The number of nitrogens with one attached hydrogen (secondary N) is 1. The summed E-state index contributed by atoms with van der Waals surface area (Å²) in [7, 11) is 0. The normalized spacial score (nSPS) is 10.2. The number of hydrogen-bond acceptors (Lipinski definition) is 3. The lowest BCUT2D eigenvalue weighted by molar-refractivity contribution is 0.0970. The van der Waals surface area contributed by atoms with Gasteiger partial charge in [0, 0.05) is 6.42 Å². The minimum Gasteiger partial charge on any atom is -0.291 e. The third-order valence-electron chi connectivity index (χ3n) is 2.39. The van der Waals surface area contributed by atoms with Gasteiger partial charge in [0.1, 0.15) is 6.33 Å². The molecule has 1 aromatic carbocycles. The maximum atomic E-state index is 11.6. The summed E-state index contributed by atoms with van der Waals surface area (Å²) in [5, 5.41) is 6.23. The minimum atomic E-state index is 0.0217. The highest BCUT2D eigenvalue weighted by atomic mass is 16.1. The lowest BCUT2D eigenvalue weighted by Gasteiger charge is -1.99. The molecule has 0 spiro atoms. The molecule has 0 radical (unpaired) electrons. The second-order valence-electron chi connectivity index (χ2n) is 3.60. The Morgan fingerprint density at radius 2 is 2.06 bits per heavy atom. The molecule has 0 saturated heterocycles. The molecule has 1 heterocycles. The third kappa shape index (κ3) is 2.76. The zero-order chi connectivity index (χ0) is 11.2. The second kappa shape index (κ2) is 5.21. The molecular weight excluding hydrogens is 202 g/mol. The zero-order valence-electron chi connectivity index (χ0n) is 8.89. The Hall–Kier alpha value is -1.97. The summed E-state index contributed by atoms with van der Waals surface area (Å²) in [5.41, 5.74) is 1.26. The van der Waals surface area contributed by atoms with E-state index in [0.29, 0.717) is 12.2 Å². The Morgan fingerprint density at radius 1 is 1.25 bits per heavy atom. The molecule has 0 atom stereocenters. The molecule has 0 aliphatic carbocycles. The molecular formula is C12H13N3O. The average Bonchev–Trinajstić information content (AvgIpc) is 2.84. The van der Waals surface area contributed by atoms with Crippen LogP contribution in [0.3, 0.4) is 0 Å². The highest BCUT2D eigenvalue weighted by Gasteiger charge is 2.07. The molecule has 4 nitrogen and oxygen atoms in total. The number of nitrogens with zero attached hydrogens (tertiary/aromatic N) is 2. The first kappa shape index (κ1) is 10.5. The lowest BCUT2D eigenvalue weighted by atomic mass is 10.1. The molecule has 0 aliphatic rings. The first-order valence-corrected chi connectivity index (χ1v) is 5.29. The summed E-state index contributed by atoms with van der Waals surface area (Å²) in [5.74, 6) is 0.376. The Morgan fingerprint density at radius 3 is 2.75 bits per heavy atom. The minimum absolute atomic E-state index is 0.0217. The standard InChI is InChI=1S/C12H13N3O/c16-11(12-13-9-14-15-12)8-4-7-10-5-2-1-3-6-10/h1-3,5-6,9H,4,7-8H2,(H,13,14,15). The number of hydrogen-bond donors (Lipinski definition) is 1. The molecule has 4 heteroatoms. The third-order valence-corrected chi connectivity index (χ3v) is 2.39. The van der Waals surface area contributed by atoms with Crippen molar-refractivity contribution in [1.29, 1.82) is 0 Å². The summed E-state index contributed by atoms with van der Waals surface area (Å²) in [4.78, 5) is 15.4. The lowest BCUT2D eigenvalue weighted by Crippen LogP contribution is -2.02. The van der Waals surface area contributed by atoms with E-state index in [1.165, 1.54) is 11.9 Å². The maximum absolute atomic E-state index is 11.6. The van der Waals surface area contributed by atoms with E-state index in [9.17, 15) is 4.79 Å². The van der Waals surface area contributed by atoms with Crippen LogP contribution in [-0.2, 0) is 6.42 Å². The van der Waals surface area contributed by atoms with E-state index in [4.69, 9.17) is 0 Å². The van der Waals surface area contributed by atoms with Gasteiger partial charge in [0.2, 0.25) is 0 Å². The van der Waals surface area contributed by atoms with Crippen molar-refractivity contribution in [1.82, 2.24) is 15.2 Å². The highest BCUT2D eigenvalue weighted by Crippen LogP contribution is 2.06. The fourth-order valence-electron chi connectivity index (χ4n) is 1.56. The maximum Gasteiger partial charge on any atom is 0.199 e. The van der Waals surface area contributed by atoms with Crippen LogP contribution in [0, 0.1) is 0 Å². The fraction of sp³-hybridized carbons (Fsp3) is 0.250. The van der Waals surface area contributed by atoms with Crippen LogP contribution in [0.4, 0.5) is 0 Å². The van der Waals surface area contributed by atoms with Crippen molar-refractivity contribution >= 4 is 5.78 Å². The smallest absolute Gasteiger partial charge is 0.199 e. The summed E-state index contributed by atoms with van der Waals surface area (Å²) >= 11 is 0. The number of ketones is 1. The van der Waals surface area contributed by atoms with Crippen molar-refractivity contribution in [2.24, 2.45) is 0 Å². The van der Waals surface area contributed by atoms with Crippen molar-refractivity contribution in [3.8, 4) is 0 Å². The van der Waals surface area contributed by atoms with E-state index in [2.05, 4.69) is 27.3 Å². The van der Waals surface area contributed by atoms with E-state index in [-0.39, 0.29) is 5.78 Å². The van der Waals surface area contributed by atoms with Crippen LogP contribution in [0.2, 0.25) is 0 Å². The van der Waals surface area contributed by atoms with Gasteiger partial charge in [0.25, 0.3) is 0 Å². The van der Waals surface area contributed by atoms with Gasteiger partial charge in [-0.15, -0.1) is 0 Å². The second-order valence-corrected chi connectivity index (χ2v) is 3.60. The van der Waals surface area contributed by atoms with Crippen LogP contribution in [0.5, 0.6) is 0 Å². The number of aryl methyl sites for hydroxylation is 1. The molecule has 2 rings (SSSR count). The Kier molecular flexibility index (Phi) is 3.43. The first-order valence-electron chi connectivity index (χ1n) is 5.29.